The molecule has 0 unspecified atom stereocenters. The third-order valence-corrected chi connectivity index (χ3v) is 3.40. The summed E-state index contributed by atoms with van der Waals surface area (Å²) in [6, 6.07) is 16.0. The minimum atomic E-state index is 0.516. The van der Waals surface area contributed by atoms with Gasteiger partial charge in [-0.05, 0) is 29.3 Å². The van der Waals surface area contributed by atoms with E-state index in [-0.39, 0.29) is 0 Å². The summed E-state index contributed by atoms with van der Waals surface area (Å²) in [6.07, 6.45) is 0. The van der Waals surface area contributed by atoms with Crippen molar-refractivity contribution in [1.82, 2.24) is 4.98 Å². The third-order valence-electron chi connectivity index (χ3n) is 3.15. The molecule has 0 saturated carbocycles. The molecule has 3 N–H and O–H groups in total. The first-order valence-electron chi connectivity index (χ1n) is 5.85. The minimum absolute atomic E-state index is 0.516. The van der Waals surface area contributed by atoms with Crippen LogP contribution in [0.5, 0.6) is 0 Å². The molecule has 0 fully saturated rings. The van der Waals surface area contributed by atoms with E-state index in [4.69, 9.17) is 17.3 Å². The number of H-pyrrole nitrogens is 1. The summed E-state index contributed by atoms with van der Waals surface area (Å²) in [4.78, 5) is 3.43. The fraction of sp³-hybridized carbons (Fsp3) is 0.0667. The number of nitrogens with one attached hydrogen (secondary N) is 1. The number of aromatic amines is 1. The summed E-state index contributed by atoms with van der Waals surface area (Å²) in [5, 5.41) is 1.93. The second-order valence-corrected chi connectivity index (χ2v) is 4.67. The van der Waals surface area contributed by atoms with E-state index in [1.807, 2.05) is 36.4 Å². The van der Waals surface area contributed by atoms with Crippen molar-refractivity contribution in [1.29, 1.82) is 0 Å². The van der Waals surface area contributed by atoms with Crippen molar-refractivity contribution in [2.24, 2.45) is 5.73 Å². The van der Waals surface area contributed by atoms with Gasteiger partial charge in [0.2, 0.25) is 0 Å². The second kappa shape index (κ2) is 4.48. The largest absolute Gasteiger partial charge is 0.354 e. The Morgan fingerprint density at radius 2 is 1.72 bits per heavy atom. The third kappa shape index (κ3) is 1.80. The average molecular weight is 257 g/mol. The second-order valence-electron chi connectivity index (χ2n) is 4.24. The van der Waals surface area contributed by atoms with Crippen molar-refractivity contribution in [3.63, 3.8) is 0 Å². The summed E-state index contributed by atoms with van der Waals surface area (Å²) < 4.78 is 0. The Kier molecular flexibility index (Phi) is 2.82. The van der Waals surface area contributed by atoms with Crippen LogP contribution in [0.15, 0.2) is 48.5 Å². The predicted octanol–water partition coefficient (Wildman–Crippen LogP) is 3.95. The molecule has 0 aliphatic rings. The van der Waals surface area contributed by atoms with Crippen LogP contribution in [0.2, 0.25) is 5.02 Å². The number of halogens is 1. The van der Waals surface area contributed by atoms with E-state index in [2.05, 4.69) is 17.1 Å². The highest BCUT2D eigenvalue weighted by atomic mass is 35.5. The zero-order valence-electron chi connectivity index (χ0n) is 9.78. The molecule has 0 bridgehead atoms. The van der Waals surface area contributed by atoms with Crippen molar-refractivity contribution in [2.45, 2.75) is 6.54 Å². The van der Waals surface area contributed by atoms with Crippen LogP contribution in [-0.4, -0.2) is 4.98 Å². The summed E-state index contributed by atoms with van der Waals surface area (Å²) in [6.45, 7) is 0.516. The molecule has 18 heavy (non-hydrogen) atoms. The van der Waals surface area contributed by atoms with Crippen molar-refractivity contribution in [3.8, 4) is 11.3 Å². The molecule has 3 heteroatoms. The Labute approximate surface area is 110 Å². The molecule has 1 aromatic heterocycles. The van der Waals surface area contributed by atoms with Crippen LogP contribution in [0.4, 0.5) is 0 Å². The number of rotatable bonds is 2. The number of nitrogens with two attached hydrogens (primary N) is 1. The van der Waals surface area contributed by atoms with Gasteiger partial charge in [0.15, 0.2) is 0 Å². The Morgan fingerprint density at radius 1 is 1.00 bits per heavy atom. The zero-order chi connectivity index (χ0) is 12.5. The van der Waals surface area contributed by atoms with Gasteiger partial charge in [0.25, 0.3) is 0 Å². The van der Waals surface area contributed by atoms with Crippen molar-refractivity contribution in [2.75, 3.05) is 0 Å². The monoisotopic (exact) mass is 256 g/mol. The molecular weight excluding hydrogens is 244 g/mol. The topological polar surface area (TPSA) is 41.8 Å². The Morgan fingerprint density at radius 3 is 2.44 bits per heavy atom. The van der Waals surface area contributed by atoms with Gasteiger partial charge in [-0.15, -0.1) is 0 Å². The van der Waals surface area contributed by atoms with Crippen LogP contribution >= 0.6 is 11.6 Å². The average Bonchev–Trinajstić information content (AvgIpc) is 2.78. The molecule has 0 aliphatic carbocycles. The first-order chi connectivity index (χ1) is 8.79. The molecule has 0 atom stereocenters. The van der Waals surface area contributed by atoms with Crippen LogP contribution in [0.1, 0.15) is 5.56 Å². The molecule has 0 saturated heterocycles. The fourth-order valence-electron chi connectivity index (χ4n) is 2.28. The molecule has 0 radical (unpaired) electrons. The molecule has 1 heterocycles. The maximum absolute atomic E-state index is 5.92. The lowest BCUT2D eigenvalue weighted by Crippen LogP contribution is -1.97. The van der Waals surface area contributed by atoms with E-state index in [1.165, 1.54) is 5.39 Å². The van der Waals surface area contributed by atoms with E-state index in [9.17, 15) is 0 Å². The number of benzene rings is 2. The number of hydrogen-bond acceptors (Lipinski definition) is 1. The summed E-state index contributed by atoms with van der Waals surface area (Å²) >= 11 is 5.92. The van der Waals surface area contributed by atoms with Gasteiger partial charge in [-0.25, -0.2) is 0 Å². The lowest BCUT2D eigenvalue weighted by atomic mass is 10.1. The molecule has 3 rings (SSSR count). The molecule has 2 nitrogen and oxygen atoms in total. The van der Waals surface area contributed by atoms with Gasteiger partial charge >= 0.3 is 0 Å². The van der Waals surface area contributed by atoms with E-state index >= 15 is 0 Å². The quantitative estimate of drug-likeness (QED) is 0.716. The maximum atomic E-state index is 5.92. The van der Waals surface area contributed by atoms with Crippen LogP contribution in [0, 0.1) is 0 Å². The Hall–Kier alpha value is -1.77. The van der Waals surface area contributed by atoms with E-state index in [0.717, 1.165) is 27.4 Å². The van der Waals surface area contributed by atoms with Gasteiger partial charge in [-0.3, -0.25) is 0 Å². The normalized spacial score (nSPS) is 11.0. The van der Waals surface area contributed by atoms with E-state index in [0.29, 0.717) is 6.54 Å². The Bertz CT molecular complexity index is 683. The molecule has 0 spiro atoms. The Balaban J connectivity index is 2.25. The van der Waals surface area contributed by atoms with Gasteiger partial charge < -0.3 is 10.7 Å². The molecule has 2 aromatic carbocycles. The molecule has 0 amide bonds. The van der Waals surface area contributed by atoms with Crippen LogP contribution < -0.4 is 5.73 Å². The fourth-order valence-corrected chi connectivity index (χ4v) is 2.40. The van der Waals surface area contributed by atoms with Crippen LogP contribution in [0.25, 0.3) is 22.2 Å². The van der Waals surface area contributed by atoms with E-state index < -0.39 is 0 Å². The maximum Gasteiger partial charge on any atom is 0.0510 e. The molecular formula is C15H13ClN2. The lowest BCUT2D eigenvalue weighted by molar-refractivity contribution is 1.09. The highest BCUT2D eigenvalue weighted by molar-refractivity contribution is 6.30. The summed E-state index contributed by atoms with van der Waals surface area (Å²) in [5.41, 5.74) is 10.3. The predicted molar refractivity (Wildman–Crippen MR) is 76.6 cm³/mol. The standard InChI is InChI=1S/C15H13ClN2/c16-11-7-5-10(6-8-11)15-13(9-17)12-3-1-2-4-14(12)18-15/h1-8,18H,9,17H2. The first kappa shape index (κ1) is 11.3. The first-order valence-corrected chi connectivity index (χ1v) is 6.23. The van der Waals surface area contributed by atoms with Crippen molar-refractivity contribution in [3.05, 3.63) is 59.1 Å². The van der Waals surface area contributed by atoms with Gasteiger partial charge in [0.1, 0.15) is 0 Å². The highest BCUT2D eigenvalue weighted by Gasteiger charge is 2.11. The number of para-hydroxylation sites is 1. The zero-order valence-corrected chi connectivity index (χ0v) is 10.5. The summed E-state index contributed by atoms with van der Waals surface area (Å²) in [7, 11) is 0. The van der Waals surface area contributed by atoms with Crippen LogP contribution in [-0.2, 0) is 6.54 Å². The van der Waals surface area contributed by atoms with Gasteiger partial charge in [-0.1, -0.05) is 41.9 Å². The lowest BCUT2D eigenvalue weighted by Gasteiger charge is -2.02. The molecule has 3 aromatic rings. The van der Waals surface area contributed by atoms with Gasteiger partial charge in [0.05, 0.1) is 5.69 Å². The SMILES string of the molecule is NCc1c(-c2ccc(Cl)cc2)[nH]c2ccccc12. The molecule has 90 valence electrons. The van der Waals surface area contributed by atoms with E-state index in [1.54, 1.807) is 0 Å². The van der Waals surface area contributed by atoms with Crippen molar-refractivity contribution < 1.29 is 0 Å². The smallest absolute Gasteiger partial charge is 0.0510 e. The summed E-state index contributed by atoms with van der Waals surface area (Å²) in [5.74, 6) is 0. The molecule has 0 aliphatic heterocycles. The van der Waals surface area contributed by atoms with Gasteiger partial charge in [0, 0.05) is 22.5 Å². The van der Waals surface area contributed by atoms with Gasteiger partial charge in [-0.2, -0.15) is 0 Å². The number of hydrogen-bond donors (Lipinski definition) is 2. The number of fused-ring (bicyclic) bond motifs is 1. The highest BCUT2D eigenvalue weighted by Crippen LogP contribution is 2.30. The van der Waals surface area contributed by atoms with Crippen LogP contribution in [0.3, 0.4) is 0 Å². The number of aromatic nitrogens is 1. The van der Waals surface area contributed by atoms with Crippen molar-refractivity contribution >= 4 is 22.5 Å². The minimum Gasteiger partial charge on any atom is -0.354 e.